The van der Waals surface area contributed by atoms with Gasteiger partial charge in [0.25, 0.3) is 0 Å². The molecular formula is C21H21N7O2S. The summed E-state index contributed by atoms with van der Waals surface area (Å²) in [5.41, 5.74) is 2.58. The lowest BCUT2D eigenvalue weighted by molar-refractivity contribution is 0.588. The minimum atomic E-state index is -3.49. The molecule has 0 atom stereocenters. The number of rotatable bonds is 7. The Hall–Kier alpha value is -3.50. The van der Waals surface area contributed by atoms with Gasteiger partial charge in [-0.2, -0.15) is 10.1 Å². The van der Waals surface area contributed by atoms with Crippen LogP contribution < -0.4 is 15.4 Å². The molecule has 1 aliphatic rings. The second-order valence-corrected chi connectivity index (χ2v) is 9.26. The van der Waals surface area contributed by atoms with Crippen molar-refractivity contribution in [3.8, 4) is 0 Å². The lowest BCUT2D eigenvalue weighted by Crippen LogP contribution is -2.18. The van der Waals surface area contributed by atoms with Crippen molar-refractivity contribution in [3.05, 3.63) is 60.3 Å². The van der Waals surface area contributed by atoms with Crippen LogP contribution in [0.25, 0.3) is 10.9 Å². The molecule has 1 saturated carbocycles. The molecule has 0 aliphatic heterocycles. The van der Waals surface area contributed by atoms with Crippen molar-refractivity contribution < 1.29 is 8.42 Å². The molecule has 2 aromatic carbocycles. The lowest BCUT2D eigenvalue weighted by atomic mass is 10.2. The fraction of sp³-hybridized carbons (Fsp3) is 0.190. The van der Waals surface area contributed by atoms with Gasteiger partial charge < -0.3 is 10.6 Å². The van der Waals surface area contributed by atoms with Crippen molar-refractivity contribution >= 4 is 44.2 Å². The molecule has 0 bridgehead atoms. The molecule has 0 saturated heterocycles. The average Bonchev–Trinajstić information content (AvgIpc) is 3.53. The maximum Gasteiger partial charge on any atom is 0.240 e. The van der Waals surface area contributed by atoms with Gasteiger partial charge in [0.2, 0.25) is 16.0 Å². The number of sulfonamides is 1. The third kappa shape index (κ3) is 4.07. The van der Waals surface area contributed by atoms with Crippen LogP contribution in [0.4, 0.5) is 23.3 Å². The summed E-state index contributed by atoms with van der Waals surface area (Å²) in [4.78, 5) is 9.40. The van der Waals surface area contributed by atoms with Crippen LogP contribution in [-0.2, 0) is 10.0 Å². The number of fused-ring (bicyclic) bond motifs is 1. The summed E-state index contributed by atoms with van der Waals surface area (Å²) in [6.45, 7) is 0. The summed E-state index contributed by atoms with van der Waals surface area (Å²) in [6.07, 6.45) is 2.39. The summed E-state index contributed by atoms with van der Waals surface area (Å²) >= 11 is 0. The number of benzene rings is 2. The van der Waals surface area contributed by atoms with E-state index in [1.807, 2.05) is 30.3 Å². The second kappa shape index (κ2) is 7.64. The number of aromatic amines is 1. The molecule has 0 spiro atoms. The van der Waals surface area contributed by atoms with Gasteiger partial charge in [-0.25, -0.2) is 18.1 Å². The highest BCUT2D eigenvalue weighted by atomic mass is 32.2. The van der Waals surface area contributed by atoms with E-state index in [-0.39, 0.29) is 4.90 Å². The predicted molar refractivity (Wildman–Crippen MR) is 119 cm³/mol. The Morgan fingerprint density at radius 3 is 2.52 bits per heavy atom. The zero-order valence-electron chi connectivity index (χ0n) is 16.8. The third-order valence-electron chi connectivity index (χ3n) is 5.15. The Kier molecular flexibility index (Phi) is 4.79. The van der Waals surface area contributed by atoms with Gasteiger partial charge in [-0.05, 0) is 56.3 Å². The Morgan fingerprint density at radius 2 is 1.77 bits per heavy atom. The first-order valence-corrected chi connectivity index (χ1v) is 11.4. The standard InChI is InChI=1S/C21H21N7O2S/c1-22-31(29,30)15-10-8-14(9-11-15)23-21-24-17-5-3-2-4-16(17)20(26-21)25-19-12-18(27-28-19)13-6-7-13/h2-5,8-13,22H,6-7H2,1H3,(H3,23,24,25,26,27,28). The molecule has 31 heavy (non-hydrogen) atoms. The molecule has 0 radical (unpaired) electrons. The highest BCUT2D eigenvalue weighted by Crippen LogP contribution is 2.39. The lowest BCUT2D eigenvalue weighted by Gasteiger charge is -2.11. The summed E-state index contributed by atoms with van der Waals surface area (Å²) in [7, 11) is -2.11. The molecule has 1 aliphatic carbocycles. The van der Waals surface area contributed by atoms with Crippen molar-refractivity contribution in [2.24, 2.45) is 0 Å². The highest BCUT2D eigenvalue weighted by molar-refractivity contribution is 7.89. The van der Waals surface area contributed by atoms with Gasteiger partial charge in [0.15, 0.2) is 5.82 Å². The third-order valence-corrected chi connectivity index (χ3v) is 6.58. The number of H-pyrrole nitrogens is 1. The fourth-order valence-electron chi connectivity index (χ4n) is 3.32. The topological polar surface area (TPSA) is 125 Å². The number of hydrogen-bond donors (Lipinski definition) is 4. The van der Waals surface area contributed by atoms with Gasteiger partial charge in [-0.15, -0.1) is 0 Å². The molecule has 158 valence electrons. The summed E-state index contributed by atoms with van der Waals surface area (Å²) in [6, 6.07) is 16.1. The van der Waals surface area contributed by atoms with Gasteiger partial charge >= 0.3 is 0 Å². The molecule has 4 aromatic rings. The number of nitrogens with one attached hydrogen (secondary N) is 4. The molecule has 2 aromatic heterocycles. The Balaban J connectivity index is 1.45. The van der Waals surface area contributed by atoms with Crippen molar-refractivity contribution in [1.29, 1.82) is 0 Å². The van der Waals surface area contributed by atoms with E-state index >= 15 is 0 Å². The van der Waals surface area contributed by atoms with Crippen LogP contribution in [0.5, 0.6) is 0 Å². The van der Waals surface area contributed by atoms with Crippen LogP contribution in [0.3, 0.4) is 0 Å². The monoisotopic (exact) mass is 435 g/mol. The Morgan fingerprint density at radius 1 is 1.00 bits per heavy atom. The number of nitrogens with zero attached hydrogens (tertiary/aromatic N) is 3. The predicted octanol–water partition coefficient (Wildman–Crippen LogP) is 3.63. The minimum absolute atomic E-state index is 0.187. The smallest absolute Gasteiger partial charge is 0.240 e. The summed E-state index contributed by atoms with van der Waals surface area (Å²) < 4.78 is 26.1. The highest BCUT2D eigenvalue weighted by Gasteiger charge is 2.25. The van der Waals surface area contributed by atoms with Crippen LogP contribution in [0.2, 0.25) is 0 Å². The Labute approximate surface area is 179 Å². The first kappa shape index (κ1) is 19.5. The van der Waals surface area contributed by atoms with Crippen LogP contribution in [0.1, 0.15) is 24.5 Å². The van der Waals surface area contributed by atoms with E-state index < -0.39 is 10.0 Å². The first-order chi connectivity index (χ1) is 15.0. The quantitative estimate of drug-likeness (QED) is 0.349. The first-order valence-electron chi connectivity index (χ1n) is 9.91. The van der Waals surface area contributed by atoms with E-state index in [2.05, 4.69) is 35.5 Å². The summed E-state index contributed by atoms with van der Waals surface area (Å²) in [5.74, 6) is 2.31. The molecular weight excluding hydrogens is 414 g/mol. The number of hydrogen-bond acceptors (Lipinski definition) is 7. The molecule has 9 nitrogen and oxygen atoms in total. The molecule has 2 heterocycles. The molecule has 0 amide bonds. The van der Waals surface area contributed by atoms with Gasteiger partial charge in [0, 0.05) is 28.8 Å². The minimum Gasteiger partial charge on any atom is -0.324 e. The van der Waals surface area contributed by atoms with Gasteiger partial charge in [-0.3, -0.25) is 5.10 Å². The largest absolute Gasteiger partial charge is 0.324 e. The van der Waals surface area contributed by atoms with Crippen LogP contribution in [0.15, 0.2) is 59.5 Å². The van der Waals surface area contributed by atoms with E-state index in [9.17, 15) is 8.42 Å². The average molecular weight is 436 g/mol. The molecule has 10 heteroatoms. The molecule has 1 fully saturated rings. The zero-order valence-corrected chi connectivity index (χ0v) is 17.6. The maximum absolute atomic E-state index is 11.9. The van der Waals surface area contributed by atoms with Crippen molar-refractivity contribution in [2.75, 3.05) is 17.7 Å². The van der Waals surface area contributed by atoms with Gasteiger partial charge in [-0.1, -0.05) is 12.1 Å². The summed E-state index contributed by atoms with van der Waals surface area (Å²) in [5, 5.41) is 14.8. The number of aromatic nitrogens is 4. The van der Waals surface area contributed by atoms with E-state index in [1.54, 1.807) is 12.1 Å². The van der Waals surface area contributed by atoms with E-state index in [0.717, 1.165) is 16.6 Å². The van der Waals surface area contributed by atoms with Crippen LogP contribution in [0, 0.1) is 0 Å². The van der Waals surface area contributed by atoms with E-state index in [4.69, 9.17) is 0 Å². The Bertz CT molecular complexity index is 1350. The zero-order chi connectivity index (χ0) is 21.4. The van der Waals surface area contributed by atoms with Crippen LogP contribution >= 0.6 is 0 Å². The van der Waals surface area contributed by atoms with Crippen molar-refractivity contribution in [2.45, 2.75) is 23.7 Å². The molecule has 0 unspecified atom stereocenters. The fourth-order valence-corrected chi connectivity index (χ4v) is 4.05. The van der Waals surface area contributed by atoms with Gasteiger partial charge in [0.05, 0.1) is 10.4 Å². The number of para-hydroxylation sites is 1. The van der Waals surface area contributed by atoms with E-state index in [1.165, 1.54) is 32.0 Å². The maximum atomic E-state index is 11.9. The second-order valence-electron chi connectivity index (χ2n) is 7.38. The van der Waals surface area contributed by atoms with Crippen LogP contribution in [-0.4, -0.2) is 35.6 Å². The molecule has 4 N–H and O–H groups in total. The van der Waals surface area contributed by atoms with Gasteiger partial charge in [0.1, 0.15) is 5.82 Å². The van der Waals surface area contributed by atoms with Crippen molar-refractivity contribution in [3.63, 3.8) is 0 Å². The normalized spacial score (nSPS) is 14.0. The number of anilines is 4. The SMILES string of the molecule is CNS(=O)(=O)c1ccc(Nc2nc(Nc3cc(C4CC4)[nH]n3)c3ccccc3n2)cc1. The van der Waals surface area contributed by atoms with E-state index in [0.29, 0.717) is 29.2 Å². The van der Waals surface area contributed by atoms with Crippen molar-refractivity contribution in [1.82, 2.24) is 24.9 Å². The molecule has 5 rings (SSSR count).